The van der Waals surface area contributed by atoms with Crippen LogP contribution in [0, 0.1) is 17.3 Å². The molecule has 122 valence electrons. The summed E-state index contributed by atoms with van der Waals surface area (Å²) in [6.45, 7) is 14.6. The minimum absolute atomic E-state index is 0.145. The lowest BCUT2D eigenvalue weighted by Crippen LogP contribution is -2.59. The van der Waals surface area contributed by atoms with Crippen LogP contribution in [0.4, 0.5) is 0 Å². The Morgan fingerprint density at radius 1 is 1.33 bits per heavy atom. The molecular weight excluding hydrogens is 258 g/mol. The fourth-order valence-corrected chi connectivity index (χ4v) is 4.02. The SMILES string of the molecule is C=CCC1CCC1(C(=O)NC(C)(C)C)C(CCC)CCC. The fourth-order valence-electron chi connectivity index (χ4n) is 4.02. The Morgan fingerprint density at radius 2 is 1.90 bits per heavy atom. The number of rotatable bonds is 8. The second kappa shape index (κ2) is 7.47. The predicted molar refractivity (Wildman–Crippen MR) is 91.2 cm³/mol. The highest BCUT2D eigenvalue weighted by molar-refractivity contribution is 5.85. The van der Waals surface area contributed by atoms with Gasteiger partial charge in [-0.25, -0.2) is 0 Å². The van der Waals surface area contributed by atoms with E-state index in [-0.39, 0.29) is 11.0 Å². The van der Waals surface area contributed by atoms with E-state index in [1.807, 2.05) is 6.08 Å². The van der Waals surface area contributed by atoms with E-state index in [4.69, 9.17) is 0 Å². The third-order valence-electron chi connectivity index (χ3n) is 5.00. The molecule has 21 heavy (non-hydrogen) atoms. The molecule has 2 nitrogen and oxygen atoms in total. The molecule has 1 fully saturated rings. The Bertz CT molecular complexity index is 349. The third kappa shape index (κ3) is 4.11. The second-order valence-electron chi connectivity index (χ2n) is 7.78. The van der Waals surface area contributed by atoms with Crippen molar-refractivity contribution in [1.82, 2.24) is 5.32 Å². The van der Waals surface area contributed by atoms with E-state index < -0.39 is 0 Å². The summed E-state index contributed by atoms with van der Waals surface area (Å²) in [6, 6.07) is 0. The van der Waals surface area contributed by atoms with Crippen LogP contribution in [0.2, 0.25) is 0 Å². The van der Waals surface area contributed by atoms with Gasteiger partial charge in [-0.2, -0.15) is 0 Å². The lowest BCUT2D eigenvalue weighted by Gasteiger charge is -2.54. The third-order valence-corrected chi connectivity index (χ3v) is 5.00. The van der Waals surface area contributed by atoms with Gasteiger partial charge in [0.25, 0.3) is 0 Å². The summed E-state index contributed by atoms with van der Waals surface area (Å²) in [4.78, 5) is 13.1. The molecule has 1 aliphatic rings. The van der Waals surface area contributed by atoms with Crippen LogP contribution in [0.1, 0.15) is 79.6 Å². The van der Waals surface area contributed by atoms with Crippen molar-refractivity contribution in [1.29, 1.82) is 0 Å². The Labute approximate surface area is 131 Å². The Hall–Kier alpha value is -0.790. The molecular formula is C19H35NO. The molecule has 2 atom stereocenters. The molecule has 1 saturated carbocycles. The van der Waals surface area contributed by atoms with Gasteiger partial charge in [-0.15, -0.1) is 6.58 Å². The van der Waals surface area contributed by atoms with Gasteiger partial charge >= 0.3 is 0 Å². The first-order valence-electron chi connectivity index (χ1n) is 8.75. The molecule has 0 saturated heterocycles. The summed E-state index contributed by atoms with van der Waals surface area (Å²) in [5.41, 5.74) is -0.297. The van der Waals surface area contributed by atoms with Gasteiger partial charge in [-0.1, -0.05) is 32.8 Å². The molecule has 0 aromatic carbocycles. The normalized spacial score (nSPS) is 25.5. The molecule has 2 heteroatoms. The highest BCUT2D eigenvalue weighted by Gasteiger charge is 2.56. The van der Waals surface area contributed by atoms with Crippen LogP contribution in [-0.2, 0) is 4.79 Å². The van der Waals surface area contributed by atoms with Crippen LogP contribution < -0.4 is 5.32 Å². The van der Waals surface area contributed by atoms with E-state index in [2.05, 4.69) is 46.5 Å². The lowest BCUT2D eigenvalue weighted by molar-refractivity contribution is -0.152. The van der Waals surface area contributed by atoms with E-state index in [1.165, 1.54) is 19.3 Å². The average molecular weight is 293 g/mol. The topological polar surface area (TPSA) is 29.1 Å². The predicted octanol–water partition coefficient (Wildman–Crippen LogP) is 5.09. The molecule has 0 spiro atoms. The molecule has 0 aromatic rings. The van der Waals surface area contributed by atoms with Crippen molar-refractivity contribution in [2.45, 2.75) is 85.1 Å². The number of allylic oxidation sites excluding steroid dienone is 1. The first-order valence-corrected chi connectivity index (χ1v) is 8.75. The van der Waals surface area contributed by atoms with Crippen molar-refractivity contribution in [3.05, 3.63) is 12.7 Å². The number of hydrogen-bond donors (Lipinski definition) is 1. The van der Waals surface area contributed by atoms with Crippen molar-refractivity contribution in [2.75, 3.05) is 0 Å². The maximum Gasteiger partial charge on any atom is 0.227 e. The van der Waals surface area contributed by atoms with Crippen LogP contribution in [0.15, 0.2) is 12.7 Å². The average Bonchev–Trinajstić information content (AvgIpc) is 2.33. The highest BCUT2D eigenvalue weighted by atomic mass is 16.2. The molecule has 0 heterocycles. The molecule has 0 bridgehead atoms. The molecule has 1 amide bonds. The number of amides is 1. The monoisotopic (exact) mass is 293 g/mol. The summed E-state index contributed by atoms with van der Waals surface area (Å²) in [5.74, 6) is 1.30. The van der Waals surface area contributed by atoms with Gasteiger partial charge in [-0.3, -0.25) is 4.79 Å². The van der Waals surface area contributed by atoms with Gasteiger partial charge in [-0.05, 0) is 64.7 Å². The molecule has 0 aromatic heterocycles. The van der Waals surface area contributed by atoms with Crippen molar-refractivity contribution in [3.63, 3.8) is 0 Å². The van der Waals surface area contributed by atoms with E-state index >= 15 is 0 Å². The summed E-state index contributed by atoms with van der Waals surface area (Å²) >= 11 is 0. The van der Waals surface area contributed by atoms with Crippen molar-refractivity contribution < 1.29 is 4.79 Å². The largest absolute Gasteiger partial charge is 0.351 e. The first-order chi connectivity index (χ1) is 9.81. The van der Waals surface area contributed by atoms with Crippen LogP contribution in [0.3, 0.4) is 0 Å². The van der Waals surface area contributed by atoms with Crippen LogP contribution in [-0.4, -0.2) is 11.4 Å². The Balaban J connectivity index is 3.04. The zero-order valence-corrected chi connectivity index (χ0v) is 14.8. The van der Waals surface area contributed by atoms with Gasteiger partial charge in [0.15, 0.2) is 0 Å². The number of carbonyl (C=O) groups excluding carboxylic acids is 1. The van der Waals surface area contributed by atoms with E-state index in [0.29, 0.717) is 17.7 Å². The first kappa shape index (κ1) is 18.3. The summed E-state index contributed by atoms with van der Waals surface area (Å²) < 4.78 is 0. The maximum atomic E-state index is 13.1. The second-order valence-corrected chi connectivity index (χ2v) is 7.78. The smallest absolute Gasteiger partial charge is 0.227 e. The summed E-state index contributed by atoms with van der Waals surface area (Å²) in [6.07, 6.45) is 9.86. The van der Waals surface area contributed by atoms with Crippen LogP contribution in [0.25, 0.3) is 0 Å². The minimum atomic E-state index is -0.151. The quantitative estimate of drug-likeness (QED) is 0.620. The molecule has 1 rings (SSSR count). The molecule has 1 N–H and O–H groups in total. The maximum absolute atomic E-state index is 13.1. The summed E-state index contributed by atoms with van der Waals surface area (Å²) in [5, 5.41) is 3.27. The number of carbonyl (C=O) groups is 1. The highest BCUT2D eigenvalue weighted by Crippen LogP contribution is 2.56. The standard InChI is InChI=1S/C19H35NO/c1-7-10-15(11-8-2)19(14-13-16(19)12-9-3)17(21)20-18(4,5)6/h9,15-16H,3,7-8,10-14H2,1-2,4-6H3,(H,20,21). The number of hydrogen-bond acceptors (Lipinski definition) is 1. The van der Waals surface area contributed by atoms with Crippen molar-refractivity contribution in [2.24, 2.45) is 17.3 Å². The van der Waals surface area contributed by atoms with E-state index in [0.717, 1.165) is 25.7 Å². The molecule has 0 radical (unpaired) electrons. The summed E-state index contributed by atoms with van der Waals surface area (Å²) in [7, 11) is 0. The van der Waals surface area contributed by atoms with Crippen molar-refractivity contribution in [3.8, 4) is 0 Å². The van der Waals surface area contributed by atoms with Gasteiger partial charge in [0.2, 0.25) is 5.91 Å². The van der Waals surface area contributed by atoms with Crippen molar-refractivity contribution >= 4 is 5.91 Å². The van der Waals surface area contributed by atoms with Gasteiger partial charge in [0, 0.05) is 5.54 Å². The van der Waals surface area contributed by atoms with Gasteiger partial charge in [0.05, 0.1) is 5.41 Å². The van der Waals surface area contributed by atoms with Gasteiger partial charge in [0.1, 0.15) is 0 Å². The Kier molecular flexibility index (Phi) is 6.49. The molecule has 0 aliphatic heterocycles. The zero-order valence-electron chi connectivity index (χ0n) is 14.8. The number of nitrogens with one attached hydrogen (secondary N) is 1. The molecule has 1 aliphatic carbocycles. The van der Waals surface area contributed by atoms with Crippen LogP contribution in [0.5, 0.6) is 0 Å². The van der Waals surface area contributed by atoms with Gasteiger partial charge < -0.3 is 5.32 Å². The lowest BCUT2D eigenvalue weighted by atomic mass is 9.51. The zero-order chi connectivity index (χ0) is 16.1. The molecule has 2 unspecified atom stereocenters. The van der Waals surface area contributed by atoms with E-state index in [9.17, 15) is 4.79 Å². The Morgan fingerprint density at radius 3 is 2.24 bits per heavy atom. The van der Waals surface area contributed by atoms with E-state index in [1.54, 1.807) is 0 Å². The fraction of sp³-hybridized carbons (Fsp3) is 0.842. The van der Waals surface area contributed by atoms with Crippen LogP contribution >= 0.6 is 0 Å². The minimum Gasteiger partial charge on any atom is -0.351 e.